The van der Waals surface area contributed by atoms with Crippen LogP contribution < -0.4 is 10.6 Å². The average Bonchev–Trinajstić information content (AvgIpc) is 2.90. The van der Waals surface area contributed by atoms with Gasteiger partial charge in [-0.1, -0.05) is 29.8 Å². The van der Waals surface area contributed by atoms with Gasteiger partial charge in [0.25, 0.3) is 0 Å². The standard InChI is InChI=1S/C21H22ClN3OS/c1-20(2)11-14-15(12-23)19(27-18(14)21(3,4)25-20)24-17(26)10-9-13-7-5-6-8-16(13)22/h5-10,25H,11H2,1-4H3,(H,24,26). The molecule has 2 N–H and O–H groups in total. The fourth-order valence-corrected chi connectivity index (χ4v) is 5.09. The maximum atomic E-state index is 12.4. The molecule has 1 aromatic heterocycles. The highest BCUT2D eigenvalue weighted by atomic mass is 35.5. The molecule has 6 heteroatoms. The minimum Gasteiger partial charge on any atom is -0.313 e. The number of hydrogen-bond donors (Lipinski definition) is 2. The van der Waals surface area contributed by atoms with E-state index >= 15 is 0 Å². The van der Waals surface area contributed by atoms with Crippen LogP contribution in [0.1, 0.15) is 49.3 Å². The molecule has 2 heterocycles. The van der Waals surface area contributed by atoms with Gasteiger partial charge in [-0.3, -0.25) is 4.79 Å². The summed E-state index contributed by atoms with van der Waals surface area (Å²) in [5.74, 6) is -0.282. The summed E-state index contributed by atoms with van der Waals surface area (Å²) < 4.78 is 0. The summed E-state index contributed by atoms with van der Waals surface area (Å²) in [6.45, 7) is 8.46. The Kier molecular flexibility index (Phi) is 5.18. The monoisotopic (exact) mass is 399 g/mol. The fourth-order valence-electron chi connectivity index (χ4n) is 3.66. The van der Waals surface area contributed by atoms with Crippen LogP contribution in [0.4, 0.5) is 5.00 Å². The lowest BCUT2D eigenvalue weighted by molar-refractivity contribution is -0.111. The molecular formula is C21H22ClN3OS. The molecule has 4 nitrogen and oxygen atoms in total. The molecule has 0 saturated carbocycles. The van der Waals surface area contributed by atoms with Crippen molar-refractivity contribution in [2.75, 3.05) is 5.32 Å². The van der Waals surface area contributed by atoms with E-state index in [4.69, 9.17) is 11.6 Å². The number of anilines is 1. The Morgan fingerprint density at radius 1 is 1.33 bits per heavy atom. The van der Waals surface area contributed by atoms with Gasteiger partial charge in [0.05, 0.1) is 5.56 Å². The number of nitrogens with one attached hydrogen (secondary N) is 2. The number of benzene rings is 1. The second-order valence-corrected chi connectivity index (χ2v) is 9.31. The topological polar surface area (TPSA) is 64.9 Å². The Morgan fingerprint density at radius 3 is 2.70 bits per heavy atom. The minimum absolute atomic E-state index is 0.117. The molecule has 0 spiro atoms. The predicted molar refractivity (Wildman–Crippen MR) is 112 cm³/mol. The van der Waals surface area contributed by atoms with E-state index in [1.165, 1.54) is 17.4 Å². The Hall–Kier alpha value is -2.13. The second-order valence-electron chi connectivity index (χ2n) is 7.88. The van der Waals surface area contributed by atoms with Crippen molar-refractivity contribution in [2.24, 2.45) is 0 Å². The zero-order valence-electron chi connectivity index (χ0n) is 15.8. The smallest absolute Gasteiger partial charge is 0.249 e. The number of amides is 1. The predicted octanol–water partition coefficient (Wildman–Crippen LogP) is 5.08. The van der Waals surface area contributed by atoms with Gasteiger partial charge in [0.2, 0.25) is 5.91 Å². The van der Waals surface area contributed by atoms with Crippen LogP contribution in [-0.2, 0) is 16.8 Å². The van der Waals surface area contributed by atoms with Crippen molar-refractivity contribution in [1.29, 1.82) is 5.26 Å². The highest BCUT2D eigenvalue weighted by Gasteiger charge is 2.40. The maximum Gasteiger partial charge on any atom is 0.249 e. The molecule has 0 saturated heterocycles. The number of carbonyl (C=O) groups excluding carboxylic acids is 1. The van der Waals surface area contributed by atoms with Crippen molar-refractivity contribution in [3.63, 3.8) is 0 Å². The van der Waals surface area contributed by atoms with Gasteiger partial charge in [-0.2, -0.15) is 5.26 Å². The lowest BCUT2D eigenvalue weighted by atomic mass is 9.81. The summed E-state index contributed by atoms with van der Waals surface area (Å²) in [7, 11) is 0. The van der Waals surface area contributed by atoms with Crippen LogP contribution in [0.5, 0.6) is 0 Å². The highest BCUT2D eigenvalue weighted by Crippen LogP contribution is 2.44. The number of hydrogen-bond acceptors (Lipinski definition) is 4. The quantitative estimate of drug-likeness (QED) is 0.707. The molecule has 1 aliphatic heterocycles. The molecular weight excluding hydrogens is 378 g/mol. The average molecular weight is 400 g/mol. The number of rotatable bonds is 3. The Balaban J connectivity index is 1.88. The molecule has 1 aliphatic rings. The fraction of sp³-hybridized carbons (Fsp3) is 0.333. The van der Waals surface area contributed by atoms with Crippen molar-refractivity contribution in [1.82, 2.24) is 5.32 Å². The lowest BCUT2D eigenvalue weighted by Crippen LogP contribution is -2.54. The van der Waals surface area contributed by atoms with Gasteiger partial charge in [0.15, 0.2) is 0 Å². The van der Waals surface area contributed by atoms with Crippen LogP contribution in [-0.4, -0.2) is 11.4 Å². The summed E-state index contributed by atoms with van der Waals surface area (Å²) in [5.41, 5.74) is 1.99. The molecule has 0 fully saturated rings. The molecule has 0 bridgehead atoms. The first-order chi connectivity index (χ1) is 12.6. The summed E-state index contributed by atoms with van der Waals surface area (Å²) in [6.07, 6.45) is 3.86. The third-order valence-corrected chi connectivity index (χ3v) is 6.33. The van der Waals surface area contributed by atoms with Gasteiger partial charge in [-0.15, -0.1) is 11.3 Å². The van der Waals surface area contributed by atoms with E-state index in [0.29, 0.717) is 15.6 Å². The summed E-state index contributed by atoms with van der Waals surface area (Å²) in [4.78, 5) is 13.5. The van der Waals surface area contributed by atoms with E-state index in [9.17, 15) is 10.1 Å². The molecule has 0 unspecified atom stereocenters. The zero-order valence-corrected chi connectivity index (χ0v) is 17.4. The SMILES string of the molecule is CC1(C)Cc2c(sc(NC(=O)C=Cc3ccccc3Cl)c2C#N)C(C)(C)N1. The van der Waals surface area contributed by atoms with Crippen molar-refractivity contribution >= 4 is 39.9 Å². The van der Waals surface area contributed by atoms with E-state index in [2.05, 4.69) is 44.4 Å². The van der Waals surface area contributed by atoms with Crippen molar-refractivity contribution in [3.8, 4) is 6.07 Å². The van der Waals surface area contributed by atoms with Gasteiger partial charge in [-0.25, -0.2) is 0 Å². The molecule has 1 aromatic carbocycles. The molecule has 3 rings (SSSR count). The van der Waals surface area contributed by atoms with Gasteiger partial charge in [-0.05, 0) is 57.4 Å². The lowest BCUT2D eigenvalue weighted by Gasteiger charge is -2.42. The van der Waals surface area contributed by atoms with E-state index in [0.717, 1.165) is 22.4 Å². The van der Waals surface area contributed by atoms with Gasteiger partial charge in [0, 0.05) is 27.1 Å². The zero-order chi connectivity index (χ0) is 19.8. The molecule has 2 aromatic rings. The number of nitrogens with zero attached hydrogens (tertiary/aromatic N) is 1. The number of nitriles is 1. The third kappa shape index (κ3) is 4.08. The van der Waals surface area contributed by atoms with Gasteiger partial charge in [0.1, 0.15) is 11.1 Å². The largest absolute Gasteiger partial charge is 0.313 e. The van der Waals surface area contributed by atoms with Crippen molar-refractivity contribution in [2.45, 2.75) is 45.2 Å². The van der Waals surface area contributed by atoms with Crippen molar-refractivity contribution in [3.05, 3.63) is 56.9 Å². The first kappa shape index (κ1) is 19.6. The van der Waals surface area contributed by atoms with Crippen LogP contribution in [0.15, 0.2) is 30.3 Å². The van der Waals surface area contributed by atoms with Crippen LogP contribution in [0.3, 0.4) is 0 Å². The van der Waals surface area contributed by atoms with E-state index < -0.39 is 0 Å². The summed E-state index contributed by atoms with van der Waals surface area (Å²) in [6, 6.07) is 9.61. The number of halogens is 1. The minimum atomic E-state index is -0.282. The molecule has 0 atom stereocenters. The molecule has 140 valence electrons. The number of carbonyl (C=O) groups is 1. The van der Waals surface area contributed by atoms with Crippen LogP contribution in [0.2, 0.25) is 5.02 Å². The second kappa shape index (κ2) is 7.12. The van der Waals surface area contributed by atoms with Crippen LogP contribution in [0, 0.1) is 11.3 Å². The number of fused-ring (bicyclic) bond motifs is 1. The first-order valence-electron chi connectivity index (χ1n) is 8.72. The third-order valence-electron chi connectivity index (χ3n) is 4.51. The van der Waals surface area contributed by atoms with Gasteiger partial charge >= 0.3 is 0 Å². The van der Waals surface area contributed by atoms with E-state index in [-0.39, 0.29) is 17.0 Å². The maximum absolute atomic E-state index is 12.4. The molecule has 27 heavy (non-hydrogen) atoms. The Bertz CT molecular complexity index is 966. The summed E-state index contributed by atoms with van der Waals surface area (Å²) in [5, 5.41) is 17.4. The molecule has 0 aliphatic carbocycles. The number of thiophene rings is 1. The Morgan fingerprint density at radius 2 is 2.04 bits per heavy atom. The van der Waals surface area contributed by atoms with Crippen molar-refractivity contribution < 1.29 is 4.79 Å². The molecule has 0 radical (unpaired) electrons. The van der Waals surface area contributed by atoms with E-state index in [1.807, 2.05) is 18.2 Å². The van der Waals surface area contributed by atoms with Gasteiger partial charge < -0.3 is 10.6 Å². The normalized spacial score (nSPS) is 17.3. The van der Waals surface area contributed by atoms with E-state index in [1.54, 1.807) is 12.1 Å². The van der Waals surface area contributed by atoms with Crippen LogP contribution >= 0.6 is 22.9 Å². The highest BCUT2D eigenvalue weighted by molar-refractivity contribution is 7.17. The first-order valence-corrected chi connectivity index (χ1v) is 9.91. The molecule has 1 amide bonds. The summed E-state index contributed by atoms with van der Waals surface area (Å²) >= 11 is 7.58. The Labute approximate surface area is 168 Å². The van der Waals surface area contributed by atoms with Crippen LogP contribution in [0.25, 0.3) is 6.08 Å².